The average molecular weight is 413 g/mol. The summed E-state index contributed by atoms with van der Waals surface area (Å²) in [4.78, 5) is 36.1. The molecular weight excluding hydrogens is 392 g/mol. The number of benzene rings is 1. The monoisotopic (exact) mass is 412 g/mol. The Morgan fingerprint density at radius 1 is 1.21 bits per heavy atom. The molecule has 0 fully saturated rings. The van der Waals surface area contributed by atoms with Crippen molar-refractivity contribution in [1.29, 1.82) is 0 Å². The van der Waals surface area contributed by atoms with Gasteiger partial charge in [-0.05, 0) is 37.3 Å². The van der Waals surface area contributed by atoms with Crippen LogP contribution in [0.25, 0.3) is 10.2 Å². The van der Waals surface area contributed by atoms with Crippen molar-refractivity contribution in [2.75, 3.05) is 6.54 Å². The van der Waals surface area contributed by atoms with Gasteiger partial charge in [0.15, 0.2) is 0 Å². The van der Waals surface area contributed by atoms with Crippen molar-refractivity contribution in [2.45, 2.75) is 36.5 Å². The number of aromatic nitrogens is 2. The van der Waals surface area contributed by atoms with Crippen molar-refractivity contribution in [3.05, 3.63) is 52.7 Å². The van der Waals surface area contributed by atoms with Gasteiger partial charge < -0.3 is 5.32 Å². The van der Waals surface area contributed by atoms with E-state index in [4.69, 9.17) is 0 Å². The maximum atomic E-state index is 12.9. The molecule has 0 spiro atoms. The number of carbonyl (C=O) groups is 2. The van der Waals surface area contributed by atoms with Gasteiger partial charge in [-0.1, -0.05) is 42.1 Å². The number of thiophene rings is 1. The highest BCUT2D eigenvalue weighted by Gasteiger charge is 2.27. The minimum atomic E-state index is -0.584. The van der Waals surface area contributed by atoms with Crippen LogP contribution in [-0.2, 0) is 17.6 Å². The molecule has 2 N–H and O–H groups in total. The molecule has 0 aliphatic heterocycles. The van der Waals surface area contributed by atoms with Crippen LogP contribution in [0, 0.1) is 0 Å². The molecule has 1 atom stereocenters. The van der Waals surface area contributed by atoms with Crippen molar-refractivity contribution in [3.63, 3.8) is 0 Å². The van der Waals surface area contributed by atoms with Crippen LogP contribution in [0.1, 0.15) is 34.6 Å². The third-order valence-corrected chi connectivity index (χ3v) is 7.07. The van der Waals surface area contributed by atoms with Crippen LogP contribution in [0.2, 0.25) is 0 Å². The lowest BCUT2D eigenvalue weighted by atomic mass is 10.1. The molecule has 2 aromatic heterocycles. The highest BCUT2D eigenvalue weighted by Crippen LogP contribution is 2.43. The second kappa shape index (κ2) is 8.28. The first kappa shape index (κ1) is 18.9. The predicted octanol–water partition coefficient (Wildman–Crippen LogP) is 3.86. The number of amides is 3. The Morgan fingerprint density at radius 2 is 2.04 bits per heavy atom. The van der Waals surface area contributed by atoms with Crippen molar-refractivity contribution in [2.24, 2.45) is 0 Å². The molecule has 3 amide bonds. The van der Waals surface area contributed by atoms with E-state index in [2.05, 4.69) is 20.6 Å². The molecule has 0 radical (unpaired) electrons. The Labute approximate surface area is 171 Å². The molecule has 3 aromatic rings. The van der Waals surface area contributed by atoms with E-state index in [-0.39, 0.29) is 5.91 Å². The molecule has 1 aliphatic rings. The van der Waals surface area contributed by atoms with Gasteiger partial charge in [-0.3, -0.25) is 10.1 Å². The van der Waals surface area contributed by atoms with E-state index < -0.39 is 11.3 Å². The van der Waals surface area contributed by atoms with E-state index in [1.807, 2.05) is 37.3 Å². The molecule has 0 bridgehead atoms. The first-order valence-electron chi connectivity index (χ1n) is 9.23. The number of thioether (sulfide) groups is 1. The Bertz CT molecular complexity index is 1020. The summed E-state index contributed by atoms with van der Waals surface area (Å²) in [6.07, 6.45) is 4.81. The number of rotatable bonds is 5. The van der Waals surface area contributed by atoms with Crippen LogP contribution >= 0.6 is 23.1 Å². The van der Waals surface area contributed by atoms with Gasteiger partial charge in [-0.15, -0.1) is 11.3 Å². The summed E-state index contributed by atoms with van der Waals surface area (Å²) in [5.41, 5.74) is 2.15. The number of nitrogens with zero attached hydrogens (tertiary/aromatic N) is 2. The van der Waals surface area contributed by atoms with Crippen LogP contribution < -0.4 is 10.6 Å². The number of urea groups is 1. The van der Waals surface area contributed by atoms with Gasteiger partial charge in [0.1, 0.15) is 21.4 Å². The molecule has 1 aliphatic carbocycles. The van der Waals surface area contributed by atoms with E-state index in [1.54, 1.807) is 17.7 Å². The summed E-state index contributed by atoms with van der Waals surface area (Å²) in [5, 5.41) is 6.32. The van der Waals surface area contributed by atoms with Gasteiger partial charge in [-0.25, -0.2) is 14.8 Å². The van der Waals surface area contributed by atoms with E-state index in [0.717, 1.165) is 40.1 Å². The molecule has 6 nitrogen and oxygen atoms in total. The molecular formula is C20H20N4O2S2. The quantitative estimate of drug-likeness (QED) is 0.491. The van der Waals surface area contributed by atoms with E-state index in [0.29, 0.717) is 6.54 Å². The maximum absolute atomic E-state index is 12.9. The molecule has 28 heavy (non-hydrogen) atoms. The number of fused-ring (bicyclic) bond motifs is 3. The second-order valence-corrected chi connectivity index (χ2v) is 8.65. The van der Waals surface area contributed by atoms with Crippen LogP contribution in [0.4, 0.5) is 4.79 Å². The highest BCUT2D eigenvalue weighted by molar-refractivity contribution is 8.00. The largest absolute Gasteiger partial charge is 0.338 e. The summed E-state index contributed by atoms with van der Waals surface area (Å²) in [6, 6.07) is 8.98. The number of aryl methyl sites for hydroxylation is 2. The number of hydrogen-bond donors (Lipinski definition) is 2. The fraction of sp³-hybridized carbons (Fsp3) is 0.300. The lowest BCUT2D eigenvalue weighted by Gasteiger charge is -2.16. The second-order valence-electron chi connectivity index (χ2n) is 6.47. The standard InChI is InChI=1S/C20H20N4O2S2/c1-2-21-20(26)24-17(25)16(12-7-4-3-5-8-12)28-19-15-13-9-6-10-14(13)27-18(15)22-11-23-19/h3-5,7-8,11,16H,2,6,9-10H2,1H3,(H2,21,24,25,26)/t16-/m1/s1. The zero-order valence-corrected chi connectivity index (χ0v) is 17.0. The van der Waals surface area contributed by atoms with Crippen LogP contribution in [0.5, 0.6) is 0 Å². The van der Waals surface area contributed by atoms with Gasteiger partial charge in [0.2, 0.25) is 5.91 Å². The minimum absolute atomic E-state index is 0.360. The molecule has 2 heterocycles. The fourth-order valence-electron chi connectivity index (χ4n) is 3.38. The summed E-state index contributed by atoms with van der Waals surface area (Å²) < 4.78 is 0. The van der Waals surface area contributed by atoms with Gasteiger partial charge in [-0.2, -0.15) is 0 Å². The van der Waals surface area contributed by atoms with Gasteiger partial charge in [0.25, 0.3) is 0 Å². The molecule has 0 saturated heterocycles. The van der Waals surface area contributed by atoms with Crippen molar-refractivity contribution in [1.82, 2.24) is 20.6 Å². The summed E-state index contributed by atoms with van der Waals surface area (Å²) in [6.45, 7) is 2.26. The zero-order chi connectivity index (χ0) is 19.5. The fourth-order valence-corrected chi connectivity index (χ4v) is 5.81. The Balaban J connectivity index is 1.69. The van der Waals surface area contributed by atoms with Gasteiger partial charge in [0, 0.05) is 16.8 Å². The molecule has 4 rings (SSSR count). The van der Waals surface area contributed by atoms with Gasteiger partial charge in [0.05, 0.1) is 0 Å². The lowest BCUT2D eigenvalue weighted by molar-refractivity contribution is -0.119. The lowest BCUT2D eigenvalue weighted by Crippen LogP contribution is -2.41. The van der Waals surface area contributed by atoms with Crippen LogP contribution in [0.15, 0.2) is 41.7 Å². The normalized spacial score (nSPS) is 13.9. The predicted molar refractivity (Wildman–Crippen MR) is 112 cm³/mol. The molecule has 144 valence electrons. The summed E-state index contributed by atoms with van der Waals surface area (Å²) in [7, 11) is 0. The number of hydrogen-bond acceptors (Lipinski definition) is 6. The third kappa shape index (κ3) is 3.74. The topological polar surface area (TPSA) is 84.0 Å². The van der Waals surface area contributed by atoms with Crippen molar-refractivity contribution in [3.8, 4) is 0 Å². The molecule has 8 heteroatoms. The van der Waals surface area contributed by atoms with Crippen molar-refractivity contribution < 1.29 is 9.59 Å². The first-order valence-corrected chi connectivity index (χ1v) is 10.9. The van der Waals surface area contributed by atoms with E-state index >= 15 is 0 Å². The SMILES string of the molecule is CCNC(=O)NC(=O)[C@H](Sc1ncnc2sc3c(c12)CCC3)c1ccccc1. The van der Waals surface area contributed by atoms with E-state index in [1.165, 1.54) is 22.2 Å². The number of imide groups is 1. The first-order chi connectivity index (χ1) is 13.7. The van der Waals surface area contributed by atoms with Crippen LogP contribution in [-0.4, -0.2) is 28.5 Å². The molecule has 1 aromatic carbocycles. The third-order valence-electron chi connectivity index (χ3n) is 4.61. The summed E-state index contributed by atoms with van der Waals surface area (Å²) in [5.74, 6) is -0.360. The smallest absolute Gasteiger partial charge is 0.321 e. The molecule has 0 unspecified atom stereocenters. The van der Waals surface area contributed by atoms with E-state index in [9.17, 15) is 9.59 Å². The average Bonchev–Trinajstić information content (AvgIpc) is 3.28. The molecule has 0 saturated carbocycles. The summed E-state index contributed by atoms with van der Waals surface area (Å²) >= 11 is 3.09. The number of nitrogens with one attached hydrogen (secondary N) is 2. The Morgan fingerprint density at radius 3 is 2.82 bits per heavy atom. The Hall–Kier alpha value is -2.45. The minimum Gasteiger partial charge on any atom is -0.338 e. The van der Waals surface area contributed by atoms with Crippen LogP contribution in [0.3, 0.4) is 0 Å². The number of carbonyl (C=O) groups excluding carboxylic acids is 2. The zero-order valence-electron chi connectivity index (χ0n) is 15.4. The maximum Gasteiger partial charge on any atom is 0.321 e. The van der Waals surface area contributed by atoms with Gasteiger partial charge >= 0.3 is 6.03 Å². The Kier molecular flexibility index (Phi) is 5.59. The van der Waals surface area contributed by atoms with Crippen molar-refractivity contribution >= 4 is 45.3 Å². The highest BCUT2D eigenvalue weighted by atomic mass is 32.2.